The second-order valence-electron chi connectivity index (χ2n) is 4.57. The van der Waals surface area contributed by atoms with Crippen molar-refractivity contribution < 1.29 is 14.6 Å². The summed E-state index contributed by atoms with van der Waals surface area (Å²) in [5.41, 5.74) is 0.310. The van der Waals surface area contributed by atoms with Crippen LogP contribution in [-0.2, 0) is 0 Å². The first-order chi connectivity index (χ1) is 8.97. The van der Waals surface area contributed by atoms with Gasteiger partial charge < -0.3 is 14.7 Å². The third kappa shape index (κ3) is 1.52. The fraction of sp³-hybridized carbons (Fsp3) is 0.455. The Kier molecular flexibility index (Phi) is 2.75. The summed E-state index contributed by atoms with van der Waals surface area (Å²) in [7, 11) is 3.02. The van der Waals surface area contributed by atoms with Gasteiger partial charge in [0.2, 0.25) is 5.43 Å². The number of nitrogens with zero attached hydrogens (tertiary/aromatic N) is 3. The van der Waals surface area contributed by atoms with Gasteiger partial charge in [0, 0.05) is 7.05 Å². The first kappa shape index (κ1) is 12.7. The monoisotopic (exact) mass is 377 g/mol. The second-order valence-corrected chi connectivity index (χ2v) is 5.65. The lowest BCUT2D eigenvalue weighted by molar-refractivity contribution is 0.0736. The van der Waals surface area contributed by atoms with Crippen LogP contribution in [0.2, 0.25) is 0 Å². The van der Waals surface area contributed by atoms with Crippen LogP contribution in [0.15, 0.2) is 4.79 Å². The molecule has 19 heavy (non-hydrogen) atoms. The fourth-order valence-electron chi connectivity index (χ4n) is 2.57. The van der Waals surface area contributed by atoms with Crippen LogP contribution in [0.1, 0.15) is 22.3 Å². The third-order valence-corrected chi connectivity index (χ3v) is 4.44. The summed E-state index contributed by atoms with van der Waals surface area (Å²) >= 11 is 1.89. The van der Waals surface area contributed by atoms with Crippen LogP contribution >= 0.6 is 22.6 Å². The van der Waals surface area contributed by atoms with Crippen molar-refractivity contribution in [3.8, 4) is 5.75 Å². The van der Waals surface area contributed by atoms with Crippen LogP contribution in [0.25, 0.3) is 0 Å². The number of halogens is 1. The largest absolute Gasteiger partial charge is 0.491 e. The molecule has 0 aliphatic carbocycles. The zero-order valence-electron chi connectivity index (χ0n) is 10.4. The van der Waals surface area contributed by atoms with Crippen molar-refractivity contribution in [2.24, 2.45) is 0 Å². The lowest BCUT2D eigenvalue weighted by atomic mass is 10.2. The molecular formula is C11H12IN3O4. The van der Waals surface area contributed by atoms with E-state index in [0.717, 1.165) is 0 Å². The van der Waals surface area contributed by atoms with Gasteiger partial charge in [0.25, 0.3) is 5.91 Å². The zero-order chi connectivity index (χ0) is 13.9. The summed E-state index contributed by atoms with van der Waals surface area (Å²) in [6.07, 6.45) is -0.774. The van der Waals surface area contributed by atoms with E-state index in [1.54, 1.807) is 11.7 Å². The van der Waals surface area contributed by atoms with Crippen molar-refractivity contribution in [2.45, 2.75) is 6.10 Å². The smallest absolute Gasteiger partial charge is 0.277 e. The Bertz CT molecular complexity index is 642. The van der Waals surface area contributed by atoms with Crippen LogP contribution in [0, 0.1) is 3.57 Å². The fourth-order valence-corrected chi connectivity index (χ4v) is 3.40. The minimum Gasteiger partial charge on any atom is -0.491 e. The number of hydrogen-bond acceptors (Lipinski definition) is 5. The lowest BCUT2D eigenvalue weighted by Crippen LogP contribution is -2.51. The van der Waals surface area contributed by atoms with Crippen LogP contribution in [0.4, 0.5) is 0 Å². The number of carbonyl (C=O) groups is 1. The number of hydrogen-bond donors (Lipinski definition) is 1. The number of carbonyl (C=O) groups excluding carboxylic acids is 1. The maximum absolute atomic E-state index is 12.3. The number of methoxy groups -OCH3 is 1. The molecule has 1 aromatic rings. The molecule has 0 bridgehead atoms. The Balaban J connectivity index is 2.43. The predicted molar refractivity (Wildman–Crippen MR) is 75.0 cm³/mol. The normalized spacial score (nSPS) is 20.8. The third-order valence-electron chi connectivity index (χ3n) is 3.40. The molecular weight excluding hydrogens is 365 g/mol. The SMILES string of the molecule is COc1c2n3c(c(I)c1=O)C(O)CN3CN(C)C2=O. The minimum atomic E-state index is -0.774. The summed E-state index contributed by atoms with van der Waals surface area (Å²) in [4.78, 5) is 26.0. The molecule has 2 aliphatic rings. The lowest BCUT2D eigenvalue weighted by Gasteiger charge is -2.35. The van der Waals surface area contributed by atoms with Gasteiger partial charge in [0.1, 0.15) is 12.8 Å². The Morgan fingerprint density at radius 1 is 1.42 bits per heavy atom. The quantitative estimate of drug-likeness (QED) is 0.668. The average molecular weight is 377 g/mol. The summed E-state index contributed by atoms with van der Waals surface area (Å²) in [6.45, 7) is 0.727. The number of rotatable bonds is 1. The first-order valence-electron chi connectivity index (χ1n) is 5.68. The molecule has 0 aromatic carbocycles. The van der Waals surface area contributed by atoms with Crippen molar-refractivity contribution >= 4 is 28.5 Å². The summed E-state index contributed by atoms with van der Waals surface area (Å²) < 4.78 is 7.13. The van der Waals surface area contributed by atoms with Gasteiger partial charge in [0.05, 0.1) is 22.9 Å². The highest BCUT2D eigenvalue weighted by molar-refractivity contribution is 14.1. The number of aromatic nitrogens is 1. The maximum Gasteiger partial charge on any atom is 0.277 e. The van der Waals surface area contributed by atoms with Gasteiger partial charge >= 0.3 is 0 Å². The molecule has 102 valence electrons. The van der Waals surface area contributed by atoms with Gasteiger partial charge in [-0.3, -0.25) is 14.6 Å². The number of pyridine rings is 1. The summed E-state index contributed by atoms with van der Waals surface area (Å²) in [5.74, 6) is -0.249. The van der Waals surface area contributed by atoms with Gasteiger partial charge in [-0.25, -0.2) is 4.68 Å². The van der Waals surface area contributed by atoms with Crippen molar-refractivity contribution in [3.63, 3.8) is 0 Å². The van der Waals surface area contributed by atoms with Crippen LogP contribution in [-0.4, -0.2) is 48.0 Å². The molecule has 0 spiro atoms. The Labute approximate surface area is 122 Å². The van der Waals surface area contributed by atoms with E-state index >= 15 is 0 Å². The molecule has 3 rings (SSSR count). The summed E-state index contributed by atoms with van der Waals surface area (Å²) in [5, 5.41) is 11.9. The molecule has 1 unspecified atom stereocenters. The molecule has 1 amide bonds. The predicted octanol–water partition coefficient (Wildman–Crippen LogP) is -0.510. The number of amides is 1. The second kappa shape index (κ2) is 4.10. The molecule has 7 nitrogen and oxygen atoms in total. The maximum atomic E-state index is 12.3. The van der Waals surface area contributed by atoms with E-state index in [2.05, 4.69) is 0 Å². The Hall–Kier alpha value is -1.29. The van der Waals surface area contributed by atoms with E-state index < -0.39 is 6.10 Å². The molecule has 2 aliphatic heterocycles. The van der Waals surface area contributed by atoms with Crippen molar-refractivity contribution in [3.05, 3.63) is 25.2 Å². The van der Waals surface area contributed by atoms with Crippen molar-refractivity contribution in [2.75, 3.05) is 32.4 Å². The number of aliphatic hydroxyl groups excluding tert-OH is 1. The highest BCUT2D eigenvalue weighted by Gasteiger charge is 2.41. The Morgan fingerprint density at radius 2 is 2.11 bits per heavy atom. The van der Waals surface area contributed by atoms with Crippen molar-refractivity contribution in [1.29, 1.82) is 0 Å². The minimum absolute atomic E-state index is 0.0313. The number of ether oxygens (including phenoxy) is 1. The molecule has 1 N–H and O–H groups in total. The standard InChI is InChI=1S/C11H12IN3O4/c1-13-4-14-3-5(16)7-6(12)9(17)10(19-2)8(11(13)18)15(7)14/h5,16H,3-4H2,1-2H3. The summed E-state index contributed by atoms with van der Waals surface area (Å²) in [6, 6.07) is 0. The average Bonchev–Trinajstić information content (AvgIpc) is 2.68. The molecule has 0 saturated heterocycles. The molecule has 3 heterocycles. The van der Waals surface area contributed by atoms with E-state index in [4.69, 9.17) is 4.74 Å². The van der Waals surface area contributed by atoms with E-state index in [0.29, 0.717) is 22.5 Å². The van der Waals surface area contributed by atoms with Crippen molar-refractivity contribution in [1.82, 2.24) is 9.58 Å². The molecule has 1 aromatic heterocycles. The molecule has 0 radical (unpaired) electrons. The van der Waals surface area contributed by atoms with E-state index in [1.807, 2.05) is 27.6 Å². The number of aliphatic hydroxyl groups is 1. The van der Waals surface area contributed by atoms with Crippen LogP contribution in [0.3, 0.4) is 0 Å². The van der Waals surface area contributed by atoms with Crippen LogP contribution < -0.4 is 15.2 Å². The highest BCUT2D eigenvalue weighted by atomic mass is 127. The zero-order valence-corrected chi connectivity index (χ0v) is 12.5. The van der Waals surface area contributed by atoms with E-state index in [9.17, 15) is 14.7 Å². The molecule has 0 fully saturated rings. The van der Waals surface area contributed by atoms with Gasteiger partial charge in [-0.05, 0) is 22.6 Å². The molecule has 0 saturated carbocycles. The van der Waals surface area contributed by atoms with Gasteiger partial charge in [-0.1, -0.05) is 0 Å². The van der Waals surface area contributed by atoms with Crippen LogP contribution in [0.5, 0.6) is 5.75 Å². The van der Waals surface area contributed by atoms with Gasteiger partial charge in [-0.2, -0.15) is 0 Å². The van der Waals surface area contributed by atoms with E-state index in [-0.39, 0.29) is 22.8 Å². The topological polar surface area (TPSA) is 75.0 Å². The molecule has 8 heteroatoms. The first-order valence-corrected chi connectivity index (χ1v) is 6.76. The molecule has 1 atom stereocenters. The highest BCUT2D eigenvalue weighted by Crippen LogP contribution is 2.33. The Morgan fingerprint density at radius 3 is 2.74 bits per heavy atom. The van der Waals surface area contributed by atoms with Gasteiger partial charge in [-0.15, -0.1) is 0 Å². The van der Waals surface area contributed by atoms with Gasteiger partial charge in [0.15, 0.2) is 11.4 Å². The van der Waals surface area contributed by atoms with E-state index in [1.165, 1.54) is 12.0 Å².